The van der Waals surface area contributed by atoms with Crippen molar-refractivity contribution in [3.63, 3.8) is 0 Å². The van der Waals surface area contributed by atoms with Gasteiger partial charge in [-0.15, -0.1) is 0 Å². The quantitative estimate of drug-likeness (QED) is 0.494. The fourth-order valence-corrected chi connectivity index (χ4v) is 3.29. The number of amides is 1. The van der Waals surface area contributed by atoms with Gasteiger partial charge in [-0.2, -0.15) is 10.2 Å². The molecule has 0 unspecified atom stereocenters. The molecule has 2 aromatic carbocycles. The zero-order valence-electron chi connectivity index (χ0n) is 14.8. The van der Waals surface area contributed by atoms with E-state index in [0.717, 1.165) is 4.47 Å². The zero-order valence-corrected chi connectivity index (χ0v) is 16.4. The Kier molecular flexibility index (Phi) is 4.82. The van der Waals surface area contributed by atoms with Crippen LogP contribution in [0, 0.1) is 0 Å². The van der Waals surface area contributed by atoms with E-state index in [9.17, 15) is 9.59 Å². The van der Waals surface area contributed by atoms with Crippen LogP contribution in [0.2, 0.25) is 0 Å². The molecular formula is C19H15BrN4O4. The first kappa shape index (κ1) is 18.2. The van der Waals surface area contributed by atoms with Crippen molar-refractivity contribution in [3.05, 3.63) is 62.5 Å². The number of carbonyl (C=O) groups excluding carboxylic acids is 1. The number of rotatable bonds is 4. The number of carbonyl (C=O) groups is 1. The predicted molar refractivity (Wildman–Crippen MR) is 107 cm³/mol. The summed E-state index contributed by atoms with van der Waals surface area (Å²) in [5, 5.41) is 9.11. The van der Waals surface area contributed by atoms with Gasteiger partial charge in [0.25, 0.3) is 11.5 Å². The van der Waals surface area contributed by atoms with Crippen LogP contribution in [-0.4, -0.2) is 28.7 Å². The summed E-state index contributed by atoms with van der Waals surface area (Å²) in [6.07, 6.45) is 1.49. The number of ether oxygens (including phenoxy) is 2. The lowest BCUT2D eigenvalue weighted by molar-refractivity contribution is 0.0949. The number of hydrazone groups is 1. The monoisotopic (exact) mass is 442 g/mol. The minimum Gasteiger partial charge on any atom is -0.454 e. The molecule has 1 aliphatic heterocycles. The molecule has 8 nitrogen and oxygen atoms in total. The van der Waals surface area contributed by atoms with Crippen LogP contribution in [0.25, 0.3) is 10.8 Å². The van der Waals surface area contributed by atoms with Crippen LogP contribution in [0.5, 0.6) is 11.5 Å². The maximum absolute atomic E-state index is 12.6. The summed E-state index contributed by atoms with van der Waals surface area (Å²) in [4.78, 5) is 25.0. The first-order valence-corrected chi connectivity index (χ1v) is 9.30. The van der Waals surface area contributed by atoms with Crippen molar-refractivity contribution in [2.45, 2.75) is 13.5 Å². The molecule has 1 aliphatic rings. The molecule has 4 rings (SSSR count). The Morgan fingerprint density at radius 1 is 1.29 bits per heavy atom. The van der Waals surface area contributed by atoms with E-state index in [-0.39, 0.29) is 18.0 Å². The second-order valence-electron chi connectivity index (χ2n) is 5.94. The summed E-state index contributed by atoms with van der Waals surface area (Å²) in [6, 6.07) is 10.4. The zero-order chi connectivity index (χ0) is 19.7. The van der Waals surface area contributed by atoms with Gasteiger partial charge in [0.15, 0.2) is 17.2 Å². The number of hydrogen-bond acceptors (Lipinski definition) is 6. The smallest absolute Gasteiger partial charge is 0.292 e. The van der Waals surface area contributed by atoms with E-state index < -0.39 is 5.91 Å². The van der Waals surface area contributed by atoms with Gasteiger partial charge in [-0.25, -0.2) is 10.1 Å². The van der Waals surface area contributed by atoms with Crippen LogP contribution in [0.3, 0.4) is 0 Å². The summed E-state index contributed by atoms with van der Waals surface area (Å²) < 4.78 is 12.7. The van der Waals surface area contributed by atoms with E-state index >= 15 is 0 Å². The molecule has 0 fully saturated rings. The highest BCUT2D eigenvalue weighted by Gasteiger charge is 2.17. The molecule has 1 aromatic heterocycles. The highest BCUT2D eigenvalue weighted by atomic mass is 79.9. The van der Waals surface area contributed by atoms with E-state index in [4.69, 9.17) is 9.47 Å². The Balaban J connectivity index is 1.62. The van der Waals surface area contributed by atoms with Crippen LogP contribution < -0.4 is 20.5 Å². The lowest BCUT2D eigenvalue weighted by Gasteiger charge is -2.08. The minimum absolute atomic E-state index is 0.138. The second-order valence-corrected chi connectivity index (χ2v) is 6.80. The first-order valence-electron chi connectivity index (χ1n) is 8.51. The fraction of sp³-hybridized carbons (Fsp3) is 0.158. The van der Waals surface area contributed by atoms with Gasteiger partial charge in [-0.05, 0) is 41.1 Å². The van der Waals surface area contributed by atoms with Gasteiger partial charge in [0.1, 0.15) is 0 Å². The number of aromatic nitrogens is 2. The van der Waals surface area contributed by atoms with Crippen molar-refractivity contribution in [3.8, 4) is 11.5 Å². The largest absolute Gasteiger partial charge is 0.454 e. The normalized spacial score (nSPS) is 12.6. The number of benzene rings is 2. The Bertz CT molecular complexity index is 1170. The topological polar surface area (TPSA) is 94.8 Å². The molecule has 0 saturated carbocycles. The molecule has 2 heterocycles. The Hall–Kier alpha value is -3.20. The van der Waals surface area contributed by atoms with E-state index in [2.05, 4.69) is 31.6 Å². The van der Waals surface area contributed by atoms with Gasteiger partial charge in [-0.3, -0.25) is 9.59 Å². The van der Waals surface area contributed by atoms with Crippen molar-refractivity contribution in [2.75, 3.05) is 6.79 Å². The molecule has 9 heteroatoms. The summed E-state index contributed by atoms with van der Waals surface area (Å²) in [5.41, 5.74) is 3.08. The predicted octanol–water partition coefficient (Wildman–Crippen LogP) is 2.67. The van der Waals surface area contributed by atoms with Crippen LogP contribution in [0.4, 0.5) is 0 Å². The van der Waals surface area contributed by atoms with Crippen LogP contribution >= 0.6 is 15.9 Å². The lowest BCUT2D eigenvalue weighted by atomic mass is 10.1. The number of aryl methyl sites for hydroxylation is 1. The van der Waals surface area contributed by atoms with E-state index in [1.54, 1.807) is 43.3 Å². The van der Waals surface area contributed by atoms with Crippen LogP contribution in [-0.2, 0) is 6.54 Å². The van der Waals surface area contributed by atoms with Gasteiger partial charge < -0.3 is 9.47 Å². The molecule has 0 atom stereocenters. The second kappa shape index (κ2) is 7.43. The summed E-state index contributed by atoms with van der Waals surface area (Å²) in [5.74, 6) is 0.746. The van der Waals surface area contributed by atoms with Crippen molar-refractivity contribution >= 4 is 38.8 Å². The summed E-state index contributed by atoms with van der Waals surface area (Å²) in [6.45, 7) is 2.32. The number of nitrogens with one attached hydrogen (secondary N) is 1. The van der Waals surface area contributed by atoms with E-state index in [1.807, 2.05) is 0 Å². The van der Waals surface area contributed by atoms with Crippen molar-refractivity contribution in [1.82, 2.24) is 15.2 Å². The van der Waals surface area contributed by atoms with E-state index in [1.165, 1.54) is 10.9 Å². The van der Waals surface area contributed by atoms with Crippen LogP contribution in [0.1, 0.15) is 23.0 Å². The third kappa shape index (κ3) is 3.24. The molecule has 0 bridgehead atoms. The van der Waals surface area contributed by atoms with Gasteiger partial charge in [0, 0.05) is 22.0 Å². The first-order chi connectivity index (χ1) is 13.6. The third-order valence-corrected chi connectivity index (χ3v) is 4.93. The molecule has 0 radical (unpaired) electrons. The highest BCUT2D eigenvalue weighted by molar-refractivity contribution is 9.10. The van der Waals surface area contributed by atoms with Crippen molar-refractivity contribution in [2.24, 2.45) is 5.10 Å². The molecule has 1 N–H and O–H groups in total. The SMILES string of the molecule is CCn1nc(C(=O)N/N=C/c2cc3c(cc2Br)OCO3)c2ccccc2c1=O. The Morgan fingerprint density at radius 2 is 2.00 bits per heavy atom. The summed E-state index contributed by atoms with van der Waals surface area (Å²) >= 11 is 3.43. The van der Waals surface area contributed by atoms with Crippen molar-refractivity contribution in [1.29, 1.82) is 0 Å². The number of halogens is 1. The molecule has 0 aliphatic carbocycles. The molecule has 1 amide bonds. The third-order valence-electron chi connectivity index (χ3n) is 4.24. The standard InChI is InChI=1S/C19H15BrN4O4/c1-2-24-19(26)13-6-4-3-5-12(13)17(23-24)18(25)22-21-9-11-7-15-16(8-14(11)20)28-10-27-15/h3-9H,2,10H2,1H3,(H,22,25)/b21-9+. The number of hydrogen-bond donors (Lipinski definition) is 1. The maximum atomic E-state index is 12.6. The van der Waals surface area contributed by atoms with E-state index in [0.29, 0.717) is 34.4 Å². The Labute approximate surface area is 167 Å². The van der Waals surface area contributed by atoms with Crippen molar-refractivity contribution < 1.29 is 14.3 Å². The average molecular weight is 443 g/mol. The molecule has 0 saturated heterocycles. The molecule has 3 aromatic rings. The molecule has 142 valence electrons. The van der Waals surface area contributed by atoms with Gasteiger partial charge in [0.2, 0.25) is 6.79 Å². The van der Waals surface area contributed by atoms with Crippen LogP contribution in [0.15, 0.2) is 50.8 Å². The lowest BCUT2D eigenvalue weighted by Crippen LogP contribution is -2.28. The van der Waals surface area contributed by atoms with Gasteiger partial charge in [0.05, 0.1) is 11.6 Å². The van der Waals surface area contributed by atoms with Gasteiger partial charge in [-0.1, -0.05) is 18.2 Å². The average Bonchev–Trinajstić information content (AvgIpc) is 3.15. The molecule has 0 spiro atoms. The van der Waals surface area contributed by atoms with Gasteiger partial charge >= 0.3 is 0 Å². The fourth-order valence-electron chi connectivity index (χ4n) is 2.86. The number of nitrogens with zero attached hydrogens (tertiary/aromatic N) is 3. The number of fused-ring (bicyclic) bond motifs is 2. The molecule has 28 heavy (non-hydrogen) atoms. The Morgan fingerprint density at radius 3 is 2.75 bits per heavy atom. The maximum Gasteiger partial charge on any atom is 0.292 e. The molecular weight excluding hydrogens is 428 g/mol. The highest BCUT2D eigenvalue weighted by Crippen LogP contribution is 2.36. The minimum atomic E-state index is -0.508. The summed E-state index contributed by atoms with van der Waals surface area (Å²) in [7, 11) is 0.